The van der Waals surface area contributed by atoms with Gasteiger partial charge in [-0.1, -0.05) is 146 Å². The number of hydrogen-bond acceptors (Lipinski definition) is 5. The molecule has 0 saturated heterocycles. The molecule has 5 N–H and O–H groups in total. The lowest BCUT2D eigenvalue weighted by atomic mass is 9.96. The van der Waals surface area contributed by atoms with Crippen LogP contribution in [0.1, 0.15) is 29.0 Å². The van der Waals surface area contributed by atoms with Crippen LogP contribution in [0.5, 0.6) is 0 Å². The predicted molar refractivity (Wildman–Crippen MR) is 207 cm³/mol. The molecule has 1 aromatic heterocycles. The predicted octanol–water partition coefficient (Wildman–Crippen LogP) is 10.7. The van der Waals surface area contributed by atoms with Crippen LogP contribution in [0.15, 0.2) is 180 Å². The molecule has 5 heteroatoms. The van der Waals surface area contributed by atoms with Crippen molar-refractivity contribution >= 4 is 33.3 Å². The number of nitrogens with one attached hydrogen (secondary N) is 3. The number of furan rings is 1. The topological polar surface area (TPSA) is 75.2 Å². The summed E-state index contributed by atoms with van der Waals surface area (Å²) in [5.74, 6) is 0. The van der Waals surface area contributed by atoms with Crippen molar-refractivity contribution in [2.75, 3.05) is 5.32 Å². The number of para-hydroxylation sites is 2. The van der Waals surface area contributed by atoms with Crippen LogP contribution in [-0.4, -0.2) is 0 Å². The molecule has 0 spiro atoms. The fourth-order valence-electron chi connectivity index (χ4n) is 6.59. The van der Waals surface area contributed by atoms with Gasteiger partial charge < -0.3 is 15.5 Å². The molecule has 50 heavy (non-hydrogen) atoms. The van der Waals surface area contributed by atoms with Crippen molar-refractivity contribution in [1.82, 2.24) is 10.6 Å². The van der Waals surface area contributed by atoms with Gasteiger partial charge in [0.15, 0.2) is 0 Å². The lowest BCUT2D eigenvalue weighted by Gasteiger charge is -2.25. The zero-order chi connectivity index (χ0) is 33.7. The molecular weight excluding hydrogens is 613 g/mol. The Morgan fingerprint density at radius 2 is 1.20 bits per heavy atom. The van der Waals surface area contributed by atoms with Gasteiger partial charge in [-0.3, -0.25) is 10.6 Å². The monoisotopic (exact) mass is 650 g/mol. The Morgan fingerprint density at radius 1 is 0.540 bits per heavy atom. The first-order chi connectivity index (χ1) is 24.7. The van der Waals surface area contributed by atoms with Crippen molar-refractivity contribution in [2.24, 2.45) is 5.73 Å². The summed E-state index contributed by atoms with van der Waals surface area (Å²) in [4.78, 5) is 0. The third-order valence-electron chi connectivity index (χ3n) is 9.20. The van der Waals surface area contributed by atoms with Crippen LogP contribution in [-0.2, 0) is 6.54 Å². The van der Waals surface area contributed by atoms with Gasteiger partial charge in [-0.15, -0.1) is 0 Å². The molecule has 0 radical (unpaired) electrons. The summed E-state index contributed by atoms with van der Waals surface area (Å²) in [6.07, 6.45) is -0.432. The first-order valence-electron chi connectivity index (χ1n) is 17.0. The SMILES string of the molecule is NC(NC(NCc1ccc(Nc2ccc(-c3cccc4c3oc3ccccc34)cc2-c2ccccc2)cc1)c1ccccc1)c1ccccc1. The highest BCUT2D eigenvalue weighted by Crippen LogP contribution is 2.39. The average molecular weight is 651 g/mol. The van der Waals surface area contributed by atoms with Crippen LogP contribution >= 0.6 is 0 Å². The summed E-state index contributed by atoms with van der Waals surface area (Å²) in [6.45, 7) is 0.672. The molecule has 0 aliphatic carbocycles. The molecule has 2 atom stereocenters. The van der Waals surface area contributed by atoms with E-state index in [4.69, 9.17) is 10.2 Å². The van der Waals surface area contributed by atoms with Crippen LogP contribution < -0.4 is 21.7 Å². The minimum atomic E-state index is -0.308. The maximum atomic E-state index is 6.57. The summed E-state index contributed by atoms with van der Waals surface area (Å²) in [5, 5.41) is 13.2. The number of nitrogens with two attached hydrogens (primary N) is 1. The van der Waals surface area contributed by atoms with Crippen LogP contribution in [0, 0.1) is 0 Å². The normalized spacial score (nSPS) is 12.6. The van der Waals surface area contributed by atoms with Crippen molar-refractivity contribution in [1.29, 1.82) is 0 Å². The van der Waals surface area contributed by atoms with E-state index >= 15 is 0 Å². The summed E-state index contributed by atoms with van der Waals surface area (Å²) in [5.41, 5.74) is 18.2. The molecule has 7 aromatic carbocycles. The molecule has 244 valence electrons. The van der Waals surface area contributed by atoms with Gasteiger partial charge in [0.2, 0.25) is 0 Å². The van der Waals surface area contributed by atoms with E-state index in [0.717, 1.165) is 66.7 Å². The van der Waals surface area contributed by atoms with Crippen molar-refractivity contribution in [3.8, 4) is 22.3 Å². The summed E-state index contributed by atoms with van der Waals surface area (Å²) in [7, 11) is 0. The average Bonchev–Trinajstić information content (AvgIpc) is 3.57. The lowest BCUT2D eigenvalue weighted by Crippen LogP contribution is -2.39. The van der Waals surface area contributed by atoms with Gasteiger partial charge in [-0.05, 0) is 58.1 Å². The Bertz CT molecular complexity index is 2340. The molecule has 0 aliphatic heterocycles. The Balaban J connectivity index is 1.03. The second-order valence-corrected chi connectivity index (χ2v) is 12.5. The minimum absolute atomic E-state index is 0.124. The fraction of sp³-hybridized carbons (Fsp3) is 0.0667. The number of anilines is 2. The van der Waals surface area contributed by atoms with Crippen molar-refractivity contribution in [3.05, 3.63) is 193 Å². The molecule has 0 fully saturated rings. The Kier molecular flexibility index (Phi) is 8.92. The molecule has 2 unspecified atom stereocenters. The van der Waals surface area contributed by atoms with Gasteiger partial charge in [0.1, 0.15) is 11.2 Å². The second kappa shape index (κ2) is 14.2. The molecule has 5 nitrogen and oxygen atoms in total. The first-order valence-corrected chi connectivity index (χ1v) is 17.0. The van der Waals surface area contributed by atoms with E-state index in [1.807, 2.05) is 48.5 Å². The maximum absolute atomic E-state index is 6.57. The van der Waals surface area contributed by atoms with Crippen LogP contribution in [0.2, 0.25) is 0 Å². The number of fused-ring (bicyclic) bond motifs is 3. The highest BCUT2D eigenvalue weighted by atomic mass is 16.3. The number of benzene rings is 7. The zero-order valence-corrected chi connectivity index (χ0v) is 27.6. The largest absolute Gasteiger partial charge is 0.455 e. The van der Waals surface area contributed by atoms with E-state index in [0.29, 0.717) is 6.54 Å². The van der Waals surface area contributed by atoms with Gasteiger partial charge >= 0.3 is 0 Å². The van der Waals surface area contributed by atoms with Gasteiger partial charge in [0, 0.05) is 39.8 Å². The Morgan fingerprint density at radius 3 is 1.96 bits per heavy atom. The zero-order valence-electron chi connectivity index (χ0n) is 27.6. The van der Waals surface area contributed by atoms with Crippen molar-refractivity contribution < 1.29 is 4.42 Å². The van der Waals surface area contributed by atoms with Crippen LogP contribution in [0.25, 0.3) is 44.2 Å². The standard InChI is InChI=1S/C45H38N4O/c46-44(33-15-6-2-7-16-33)49-45(34-17-8-3-9-18-34)47-30-31-23-26-36(27-24-31)48-41-28-25-35(29-40(41)32-13-4-1-5-14-32)37-20-12-21-39-38-19-10-11-22-42(38)50-43(37)39/h1-29,44-45,47-49H,30,46H2. The lowest BCUT2D eigenvalue weighted by molar-refractivity contribution is 0.386. The number of hydrogen-bond donors (Lipinski definition) is 4. The van der Waals surface area contributed by atoms with Crippen LogP contribution in [0.4, 0.5) is 11.4 Å². The quantitative estimate of drug-likeness (QED) is 0.105. The van der Waals surface area contributed by atoms with E-state index < -0.39 is 0 Å². The molecule has 0 saturated carbocycles. The Hall–Kier alpha value is -5.98. The highest BCUT2D eigenvalue weighted by molar-refractivity contribution is 6.09. The summed E-state index contributed by atoms with van der Waals surface area (Å²) in [6, 6.07) is 60.8. The number of rotatable bonds is 11. The highest BCUT2D eigenvalue weighted by Gasteiger charge is 2.17. The third-order valence-corrected chi connectivity index (χ3v) is 9.20. The van der Waals surface area contributed by atoms with Crippen LogP contribution in [0.3, 0.4) is 0 Å². The van der Waals surface area contributed by atoms with E-state index in [9.17, 15) is 0 Å². The molecular formula is C45H38N4O. The molecule has 8 aromatic rings. The molecule has 0 aliphatic rings. The van der Waals surface area contributed by atoms with Gasteiger partial charge in [0.25, 0.3) is 0 Å². The van der Waals surface area contributed by atoms with Crippen molar-refractivity contribution in [3.63, 3.8) is 0 Å². The summed E-state index contributed by atoms with van der Waals surface area (Å²) >= 11 is 0. The first kappa shape index (κ1) is 31.3. The van der Waals surface area contributed by atoms with E-state index in [1.165, 1.54) is 5.56 Å². The fourth-order valence-corrected chi connectivity index (χ4v) is 6.59. The molecule has 1 heterocycles. The molecule has 0 bridgehead atoms. The van der Waals surface area contributed by atoms with E-state index in [2.05, 4.69) is 143 Å². The van der Waals surface area contributed by atoms with Gasteiger partial charge in [0.05, 0.1) is 12.3 Å². The van der Waals surface area contributed by atoms with Crippen molar-refractivity contribution in [2.45, 2.75) is 18.9 Å². The second-order valence-electron chi connectivity index (χ2n) is 12.5. The Labute approximate surface area is 292 Å². The maximum Gasteiger partial charge on any atom is 0.143 e. The summed E-state index contributed by atoms with van der Waals surface area (Å²) < 4.78 is 6.39. The minimum Gasteiger partial charge on any atom is -0.455 e. The van der Waals surface area contributed by atoms with Gasteiger partial charge in [-0.2, -0.15) is 0 Å². The van der Waals surface area contributed by atoms with E-state index in [1.54, 1.807) is 0 Å². The molecule has 8 rings (SSSR count). The smallest absolute Gasteiger partial charge is 0.143 e. The van der Waals surface area contributed by atoms with Gasteiger partial charge in [-0.25, -0.2) is 0 Å². The van der Waals surface area contributed by atoms with E-state index in [-0.39, 0.29) is 12.3 Å². The third kappa shape index (κ3) is 6.66. The molecule has 0 amide bonds.